The second kappa shape index (κ2) is 7.25. The van der Waals surface area contributed by atoms with E-state index in [0.29, 0.717) is 11.8 Å². The smallest absolute Gasteiger partial charge is 0.0768 e. The molecule has 3 nitrogen and oxygen atoms in total. The molecule has 3 N–H and O–H groups in total. The highest BCUT2D eigenvalue weighted by Gasteiger charge is 2.32. The summed E-state index contributed by atoms with van der Waals surface area (Å²) in [6.07, 6.45) is 8.10. The third-order valence-electron chi connectivity index (χ3n) is 4.19. The number of hydrogen-bond acceptors (Lipinski definition) is 3. The lowest BCUT2D eigenvalue weighted by Gasteiger charge is -2.37. The van der Waals surface area contributed by atoms with E-state index in [9.17, 15) is 0 Å². The molecule has 0 spiro atoms. The van der Waals surface area contributed by atoms with E-state index in [0.717, 1.165) is 6.42 Å². The molecule has 1 saturated carbocycles. The van der Waals surface area contributed by atoms with Gasteiger partial charge in [0.1, 0.15) is 0 Å². The summed E-state index contributed by atoms with van der Waals surface area (Å²) >= 11 is 0. The first kappa shape index (κ1) is 13.9. The summed E-state index contributed by atoms with van der Waals surface area (Å²) < 4.78 is 5.72. The van der Waals surface area contributed by atoms with Gasteiger partial charge in [-0.3, -0.25) is 11.3 Å². The van der Waals surface area contributed by atoms with Crippen LogP contribution in [0, 0.1) is 11.8 Å². The maximum absolute atomic E-state index is 5.72. The maximum Gasteiger partial charge on any atom is 0.0768 e. The molecule has 1 aliphatic rings. The molecule has 96 valence electrons. The van der Waals surface area contributed by atoms with Crippen molar-refractivity contribution < 1.29 is 4.74 Å². The van der Waals surface area contributed by atoms with E-state index in [2.05, 4.69) is 19.3 Å². The molecule has 0 aromatic rings. The van der Waals surface area contributed by atoms with Crippen molar-refractivity contribution in [1.29, 1.82) is 0 Å². The van der Waals surface area contributed by atoms with Crippen LogP contribution in [0.2, 0.25) is 0 Å². The zero-order valence-electron chi connectivity index (χ0n) is 11.0. The molecule has 1 fully saturated rings. The van der Waals surface area contributed by atoms with Gasteiger partial charge in [0.05, 0.1) is 12.1 Å². The van der Waals surface area contributed by atoms with E-state index in [-0.39, 0.29) is 12.1 Å². The van der Waals surface area contributed by atoms with Crippen LogP contribution in [-0.4, -0.2) is 19.3 Å². The van der Waals surface area contributed by atoms with Crippen LogP contribution in [0.25, 0.3) is 0 Å². The number of ether oxygens (including phenoxy) is 1. The van der Waals surface area contributed by atoms with E-state index in [1.807, 2.05) is 7.11 Å². The molecule has 0 heterocycles. The molecular weight excluding hydrogens is 200 g/mol. The van der Waals surface area contributed by atoms with Gasteiger partial charge in [-0.2, -0.15) is 0 Å². The molecule has 1 aliphatic carbocycles. The van der Waals surface area contributed by atoms with Crippen LogP contribution in [0.4, 0.5) is 0 Å². The number of nitrogens with two attached hydrogens (primary N) is 1. The fourth-order valence-corrected chi connectivity index (χ4v) is 2.93. The second-order valence-electron chi connectivity index (χ2n) is 5.18. The average Bonchev–Trinajstić information content (AvgIpc) is 2.36. The van der Waals surface area contributed by atoms with Gasteiger partial charge in [0.15, 0.2) is 0 Å². The van der Waals surface area contributed by atoms with Crippen molar-refractivity contribution in [3.63, 3.8) is 0 Å². The molecular formula is C13H28N2O. The van der Waals surface area contributed by atoms with Gasteiger partial charge in [0.25, 0.3) is 0 Å². The average molecular weight is 228 g/mol. The normalized spacial score (nSPS) is 24.0. The molecule has 3 heteroatoms. The molecule has 0 radical (unpaired) electrons. The third-order valence-corrected chi connectivity index (χ3v) is 4.19. The fraction of sp³-hybridized carbons (Fsp3) is 1.00. The highest BCUT2D eigenvalue weighted by atomic mass is 16.5. The number of rotatable bonds is 6. The Morgan fingerprint density at radius 3 is 2.38 bits per heavy atom. The SMILES string of the molecule is CCC(C)C(NN)C(OC)C1CCCCC1. The zero-order chi connectivity index (χ0) is 12.0. The van der Waals surface area contributed by atoms with Gasteiger partial charge in [0, 0.05) is 7.11 Å². The highest BCUT2D eigenvalue weighted by molar-refractivity contribution is 4.86. The summed E-state index contributed by atoms with van der Waals surface area (Å²) in [6, 6.07) is 0.290. The molecule has 3 atom stereocenters. The van der Waals surface area contributed by atoms with Crippen LogP contribution >= 0.6 is 0 Å². The summed E-state index contributed by atoms with van der Waals surface area (Å²) in [5.41, 5.74) is 2.98. The van der Waals surface area contributed by atoms with Gasteiger partial charge in [-0.15, -0.1) is 0 Å². The summed E-state index contributed by atoms with van der Waals surface area (Å²) in [4.78, 5) is 0. The van der Waals surface area contributed by atoms with Crippen LogP contribution in [0.5, 0.6) is 0 Å². The minimum atomic E-state index is 0.278. The Labute approximate surface area is 100 Å². The number of methoxy groups -OCH3 is 1. The third kappa shape index (κ3) is 3.44. The van der Waals surface area contributed by atoms with Crippen LogP contribution in [0.3, 0.4) is 0 Å². The highest BCUT2D eigenvalue weighted by Crippen LogP contribution is 2.31. The van der Waals surface area contributed by atoms with Crippen LogP contribution in [-0.2, 0) is 4.74 Å². The van der Waals surface area contributed by atoms with Crippen molar-refractivity contribution in [3.8, 4) is 0 Å². The number of hydrazine groups is 1. The first-order chi connectivity index (χ1) is 7.74. The van der Waals surface area contributed by atoms with Gasteiger partial charge < -0.3 is 4.74 Å². The Hall–Kier alpha value is -0.120. The molecule has 0 aromatic carbocycles. The lowest BCUT2D eigenvalue weighted by atomic mass is 9.79. The predicted molar refractivity (Wildman–Crippen MR) is 67.9 cm³/mol. The number of nitrogens with one attached hydrogen (secondary N) is 1. The van der Waals surface area contributed by atoms with Crippen molar-refractivity contribution in [2.24, 2.45) is 17.7 Å². The van der Waals surface area contributed by atoms with E-state index in [1.54, 1.807) is 0 Å². The Kier molecular flexibility index (Phi) is 6.32. The second-order valence-corrected chi connectivity index (χ2v) is 5.18. The molecule has 0 aliphatic heterocycles. The van der Waals surface area contributed by atoms with Crippen LogP contribution in [0.1, 0.15) is 52.4 Å². The summed E-state index contributed by atoms with van der Waals surface area (Å²) in [7, 11) is 1.83. The minimum absolute atomic E-state index is 0.278. The van der Waals surface area contributed by atoms with Crippen molar-refractivity contribution in [2.75, 3.05) is 7.11 Å². The fourth-order valence-electron chi connectivity index (χ4n) is 2.93. The monoisotopic (exact) mass is 228 g/mol. The Bertz CT molecular complexity index is 181. The van der Waals surface area contributed by atoms with Gasteiger partial charge in [-0.05, 0) is 24.7 Å². The van der Waals surface area contributed by atoms with Crippen LogP contribution in [0.15, 0.2) is 0 Å². The molecule has 16 heavy (non-hydrogen) atoms. The first-order valence-corrected chi connectivity index (χ1v) is 6.73. The van der Waals surface area contributed by atoms with Gasteiger partial charge in [-0.1, -0.05) is 39.5 Å². The van der Waals surface area contributed by atoms with Crippen molar-refractivity contribution >= 4 is 0 Å². The molecule has 0 aromatic heterocycles. The van der Waals surface area contributed by atoms with Crippen molar-refractivity contribution in [2.45, 2.75) is 64.5 Å². The largest absolute Gasteiger partial charge is 0.379 e. The Balaban J connectivity index is 2.61. The summed E-state index contributed by atoms with van der Waals surface area (Å²) in [6.45, 7) is 4.46. The minimum Gasteiger partial charge on any atom is -0.379 e. The first-order valence-electron chi connectivity index (χ1n) is 6.73. The quantitative estimate of drug-likeness (QED) is 0.542. The van der Waals surface area contributed by atoms with Gasteiger partial charge in [0.2, 0.25) is 0 Å². The van der Waals surface area contributed by atoms with Crippen molar-refractivity contribution in [1.82, 2.24) is 5.43 Å². The zero-order valence-corrected chi connectivity index (χ0v) is 11.0. The van der Waals surface area contributed by atoms with Crippen molar-refractivity contribution in [3.05, 3.63) is 0 Å². The Morgan fingerprint density at radius 1 is 1.31 bits per heavy atom. The molecule has 0 amide bonds. The topological polar surface area (TPSA) is 47.3 Å². The molecule has 0 saturated heterocycles. The summed E-state index contributed by atoms with van der Waals surface area (Å²) in [5.74, 6) is 6.96. The van der Waals surface area contributed by atoms with Crippen LogP contribution < -0.4 is 11.3 Å². The lowest BCUT2D eigenvalue weighted by Crippen LogP contribution is -2.52. The standard InChI is InChI=1S/C13H28N2O/c1-4-10(2)12(15-14)13(16-3)11-8-6-5-7-9-11/h10-13,15H,4-9,14H2,1-3H3. The molecule has 1 rings (SSSR count). The molecule has 3 unspecified atom stereocenters. The van der Waals surface area contributed by atoms with Gasteiger partial charge >= 0.3 is 0 Å². The van der Waals surface area contributed by atoms with E-state index in [4.69, 9.17) is 10.6 Å². The van der Waals surface area contributed by atoms with E-state index >= 15 is 0 Å². The summed E-state index contributed by atoms with van der Waals surface area (Å²) in [5, 5.41) is 0. The lowest BCUT2D eigenvalue weighted by molar-refractivity contribution is -0.00624. The number of hydrogen-bond donors (Lipinski definition) is 2. The van der Waals surface area contributed by atoms with E-state index < -0.39 is 0 Å². The van der Waals surface area contributed by atoms with E-state index in [1.165, 1.54) is 32.1 Å². The maximum atomic E-state index is 5.72. The molecule has 0 bridgehead atoms. The predicted octanol–water partition coefficient (Wildman–Crippen LogP) is 2.46. The van der Waals surface area contributed by atoms with Gasteiger partial charge in [-0.25, -0.2) is 0 Å². The Morgan fingerprint density at radius 2 is 1.94 bits per heavy atom.